The smallest absolute Gasteiger partial charge is 0.408 e. The highest BCUT2D eigenvalue weighted by Gasteiger charge is 2.33. The molecule has 0 bridgehead atoms. The van der Waals surface area contributed by atoms with E-state index in [1.807, 2.05) is 88.4 Å². The lowest BCUT2D eigenvalue weighted by atomic mass is 9.95. The average molecular weight is 469 g/mol. The molecule has 0 unspecified atom stereocenters. The first-order valence-corrected chi connectivity index (χ1v) is 11.8. The van der Waals surface area contributed by atoms with Crippen molar-refractivity contribution in [2.24, 2.45) is 11.8 Å². The first kappa shape index (κ1) is 26.9. The molecule has 2 aromatic carbocycles. The molecule has 2 aromatic rings. The van der Waals surface area contributed by atoms with Gasteiger partial charge < -0.3 is 20.1 Å². The van der Waals surface area contributed by atoms with E-state index < -0.39 is 30.1 Å². The number of amides is 2. The lowest BCUT2D eigenvalue weighted by Gasteiger charge is -2.28. The Hall–Kier alpha value is -3.35. The minimum atomic E-state index is -0.846. The number of carbonyl (C=O) groups excluding carboxylic acids is 3. The van der Waals surface area contributed by atoms with Gasteiger partial charge in [-0.2, -0.15) is 0 Å². The van der Waals surface area contributed by atoms with E-state index in [1.165, 1.54) is 0 Å². The van der Waals surface area contributed by atoms with Gasteiger partial charge in [0.25, 0.3) is 0 Å². The van der Waals surface area contributed by atoms with E-state index in [9.17, 15) is 14.4 Å². The zero-order valence-electron chi connectivity index (χ0n) is 20.5. The first-order chi connectivity index (χ1) is 16.3. The van der Waals surface area contributed by atoms with Crippen LogP contribution in [0, 0.1) is 11.8 Å². The van der Waals surface area contributed by atoms with Gasteiger partial charge in [0.15, 0.2) is 0 Å². The number of carbonyl (C=O) groups is 3. The van der Waals surface area contributed by atoms with Crippen molar-refractivity contribution in [3.05, 3.63) is 71.8 Å². The molecule has 7 nitrogen and oxygen atoms in total. The second-order valence-corrected chi connectivity index (χ2v) is 8.53. The van der Waals surface area contributed by atoms with Crippen molar-refractivity contribution in [1.82, 2.24) is 10.6 Å². The third-order valence-corrected chi connectivity index (χ3v) is 5.97. The third kappa shape index (κ3) is 8.54. The summed E-state index contributed by atoms with van der Waals surface area (Å²) in [6.07, 6.45) is 0.645. The number of esters is 1. The average Bonchev–Trinajstić information content (AvgIpc) is 2.87. The molecule has 0 aliphatic heterocycles. The fourth-order valence-corrected chi connectivity index (χ4v) is 3.32. The summed E-state index contributed by atoms with van der Waals surface area (Å²) in [6.45, 7) is 7.86. The van der Waals surface area contributed by atoms with Crippen LogP contribution in [-0.2, 0) is 32.3 Å². The fraction of sp³-hybridized carbons (Fsp3) is 0.444. The molecule has 0 fully saturated rings. The molecule has 0 radical (unpaired) electrons. The molecule has 4 atom stereocenters. The van der Waals surface area contributed by atoms with Gasteiger partial charge in [0.1, 0.15) is 25.3 Å². The van der Waals surface area contributed by atoms with Crippen LogP contribution >= 0.6 is 0 Å². The predicted molar refractivity (Wildman–Crippen MR) is 131 cm³/mol. The van der Waals surface area contributed by atoms with Gasteiger partial charge >= 0.3 is 12.1 Å². The summed E-state index contributed by atoms with van der Waals surface area (Å²) in [7, 11) is 0. The number of hydrogen-bond acceptors (Lipinski definition) is 5. The lowest BCUT2D eigenvalue weighted by Crippen LogP contribution is -2.55. The predicted octanol–water partition coefficient (Wildman–Crippen LogP) is 4.60. The summed E-state index contributed by atoms with van der Waals surface area (Å²) < 4.78 is 10.8. The Morgan fingerprint density at radius 3 is 1.68 bits per heavy atom. The van der Waals surface area contributed by atoms with Crippen LogP contribution in [0.5, 0.6) is 0 Å². The lowest BCUT2D eigenvalue weighted by molar-refractivity contribution is -0.151. The maximum Gasteiger partial charge on any atom is 0.408 e. The highest BCUT2D eigenvalue weighted by Crippen LogP contribution is 2.14. The Kier molecular flexibility index (Phi) is 11.1. The van der Waals surface area contributed by atoms with Crippen molar-refractivity contribution < 1.29 is 23.9 Å². The second kappa shape index (κ2) is 14.0. The van der Waals surface area contributed by atoms with Crippen molar-refractivity contribution >= 4 is 18.0 Å². The van der Waals surface area contributed by atoms with E-state index in [2.05, 4.69) is 10.6 Å². The normalized spacial score (nSPS) is 14.2. The molecular formula is C27H36N2O5. The second-order valence-electron chi connectivity index (χ2n) is 8.53. The molecule has 0 spiro atoms. The van der Waals surface area contributed by atoms with Crippen LogP contribution in [-0.4, -0.2) is 30.1 Å². The Labute approximate surface area is 202 Å². The van der Waals surface area contributed by atoms with Gasteiger partial charge in [0.2, 0.25) is 5.91 Å². The molecule has 7 heteroatoms. The maximum atomic E-state index is 13.2. The molecule has 0 heterocycles. The van der Waals surface area contributed by atoms with Crippen LogP contribution in [0.1, 0.15) is 51.7 Å². The number of alkyl carbamates (subject to hydrolysis) is 1. The van der Waals surface area contributed by atoms with E-state index in [0.29, 0.717) is 12.8 Å². The van der Waals surface area contributed by atoms with Crippen LogP contribution in [0.3, 0.4) is 0 Å². The molecular weight excluding hydrogens is 432 g/mol. The molecule has 0 aliphatic rings. The SMILES string of the molecule is CC[C@@H](C)[C@H](NC(=O)[C@@H](NC(=O)OCc1ccccc1)[C@@H](C)CC)C(=O)OCc1ccccc1. The van der Waals surface area contributed by atoms with Gasteiger partial charge in [-0.25, -0.2) is 9.59 Å². The quantitative estimate of drug-likeness (QED) is 0.444. The molecule has 2 amide bonds. The van der Waals surface area contributed by atoms with Gasteiger partial charge in [-0.3, -0.25) is 4.79 Å². The number of ether oxygens (including phenoxy) is 2. The Morgan fingerprint density at radius 2 is 1.18 bits per heavy atom. The Balaban J connectivity index is 2.02. The van der Waals surface area contributed by atoms with E-state index >= 15 is 0 Å². The molecule has 0 saturated carbocycles. The molecule has 184 valence electrons. The minimum absolute atomic E-state index is 0.100. The van der Waals surface area contributed by atoms with Crippen LogP contribution in [0.2, 0.25) is 0 Å². The molecule has 34 heavy (non-hydrogen) atoms. The minimum Gasteiger partial charge on any atom is -0.459 e. The Morgan fingerprint density at radius 1 is 0.706 bits per heavy atom. The zero-order chi connectivity index (χ0) is 24.9. The highest BCUT2D eigenvalue weighted by molar-refractivity contribution is 5.90. The van der Waals surface area contributed by atoms with Gasteiger partial charge in [0, 0.05) is 0 Å². The summed E-state index contributed by atoms with van der Waals surface area (Å²) in [5, 5.41) is 5.49. The van der Waals surface area contributed by atoms with Crippen molar-refractivity contribution in [3.63, 3.8) is 0 Å². The number of benzene rings is 2. The van der Waals surface area contributed by atoms with E-state index in [0.717, 1.165) is 11.1 Å². The monoisotopic (exact) mass is 468 g/mol. The van der Waals surface area contributed by atoms with E-state index in [1.54, 1.807) is 0 Å². The summed E-state index contributed by atoms with van der Waals surface area (Å²) >= 11 is 0. The van der Waals surface area contributed by atoms with E-state index in [-0.39, 0.29) is 25.0 Å². The molecule has 2 rings (SSSR count). The third-order valence-electron chi connectivity index (χ3n) is 5.97. The van der Waals surface area contributed by atoms with Crippen LogP contribution in [0.15, 0.2) is 60.7 Å². The molecule has 0 aliphatic carbocycles. The zero-order valence-corrected chi connectivity index (χ0v) is 20.5. The highest BCUT2D eigenvalue weighted by atomic mass is 16.5. The van der Waals surface area contributed by atoms with Crippen molar-refractivity contribution in [1.29, 1.82) is 0 Å². The standard InChI is InChI=1S/C27H36N2O5/c1-5-19(3)23(29-27(32)34-18-22-15-11-8-12-16-22)25(30)28-24(20(4)6-2)26(31)33-17-21-13-9-7-10-14-21/h7-16,19-20,23-24H,5-6,17-18H2,1-4H3,(H,28,30)(H,29,32)/t19-,20+,23-,24-/m0/s1. The van der Waals surface area contributed by atoms with Crippen LogP contribution in [0.4, 0.5) is 4.79 Å². The number of rotatable bonds is 12. The maximum absolute atomic E-state index is 13.2. The summed E-state index contributed by atoms with van der Waals surface area (Å²) in [5.41, 5.74) is 1.71. The largest absolute Gasteiger partial charge is 0.459 e. The summed E-state index contributed by atoms with van der Waals surface area (Å²) in [6, 6.07) is 17.0. The molecule has 2 N–H and O–H groups in total. The first-order valence-electron chi connectivity index (χ1n) is 11.8. The van der Waals surface area contributed by atoms with E-state index in [4.69, 9.17) is 9.47 Å². The van der Waals surface area contributed by atoms with Gasteiger partial charge in [-0.15, -0.1) is 0 Å². The van der Waals surface area contributed by atoms with Crippen LogP contribution in [0.25, 0.3) is 0 Å². The van der Waals surface area contributed by atoms with Crippen molar-refractivity contribution in [2.45, 2.75) is 65.8 Å². The topological polar surface area (TPSA) is 93.7 Å². The molecule has 0 aromatic heterocycles. The van der Waals surface area contributed by atoms with Gasteiger partial charge in [-0.1, -0.05) is 101 Å². The summed E-state index contributed by atoms with van der Waals surface area (Å²) in [4.78, 5) is 38.4. The molecule has 0 saturated heterocycles. The van der Waals surface area contributed by atoms with Gasteiger partial charge in [-0.05, 0) is 23.0 Å². The van der Waals surface area contributed by atoms with Crippen molar-refractivity contribution in [3.8, 4) is 0 Å². The number of hydrogen-bond donors (Lipinski definition) is 2. The van der Waals surface area contributed by atoms with Crippen molar-refractivity contribution in [2.75, 3.05) is 0 Å². The van der Waals surface area contributed by atoms with Crippen LogP contribution < -0.4 is 10.6 Å². The van der Waals surface area contributed by atoms with Gasteiger partial charge in [0.05, 0.1) is 0 Å². The number of nitrogens with one attached hydrogen (secondary N) is 2. The Bertz CT molecular complexity index is 904. The summed E-state index contributed by atoms with van der Waals surface area (Å²) in [5.74, 6) is -1.24. The fourth-order valence-electron chi connectivity index (χ4n) is 3.32.